The first kappa shape index (κ1) is 17.5. The highest BCUT2D eigenvalue weighted by Gasteiger charge is 2.26. The zero-order valence-corrected chi connectivity index (χ0v) is 13.8. The topological polar surface area (TPSA) is 63.6 Å². The lowest BCUT2D eigenvalue weighted by atomic mass is 10.1. The Morgan fingerprint density at radius 1 is 0.957 bits per heavy atom. The number of carbonyl (C=O) groups is 1. The molecule has 0 aliphatic heterocycles. The third-order valence-electron chi connectivity index (χ3n) is 3.49. The largest absolute Gasteiger partial charge is 0.481 e. The third kappa shape index (κ3) is 6.39. The summed E-state index contributed by atoms with van der Waals surface area (Å²) in [6.45, 7) is 0.177. The van der Waals surface area contributed by atoms with E-state index >= 15 is 0 Å². The lowest BCUT2D eigenvalue weighted by molar-refractivity contribution is -0.134. The Bertz CT molecular complexity index is 655. The average Bonchev–Trinajstić information content (AvgIpc) is 2.54. The molecule has 0 aliphatic carbocycles. The van der Waals surface area contributed by atoms with Crippen LogP contribution in [0.4, 0.5) is 0 Å². The highest BCUT2D eigenvalue weighted by Crippen LogP contribution is 2.48. The Morgan fingerprint density at radius 3 is 2.09 bits per heavy atom. The first-order valence-electron chi connectivity index (χ1n) is 7.60. The van der Waals surface area contributed by atoms with Crippen LogP contribution < -0.4 is 0 Å². The number of benzene rings is 2. The fourth-order valence-electron chi connectivity index (χ4n) is 2.33. The normalized spacial score (nSPS) is 13.4. The van der Waals surface area contributed by atoms with Crippen molar-refractivity contribution < 1.29 is 19.0 Å². The second-order valence-electron chi connectivity index (χ2n) is 5.44. The van der Waals surface area contributed by atoms with Gasteiger partial charge in [-0.25, -0.2) is 0 Å². The van der Waals surface area contributed by atoms with Gasteiger partial charge in [0.1, 0.15) is 6.16 Å². The van der Waals surface area contributed by atoms with Gasteiger partial charge in [0.2, 0.25) is 7.37 Å². The molecule has 5 heteroatoms. The molecule has 0 aliphatic rings. The van der Waals surface area contributed by atoms with Crippen LogP contribution in [0.25, 0.3) is 0 Å². The molecule has 4 nitrogen and oxygen atoms in total. The monoisotopic (exact) mass is 332 g/mol. The van der Waals surface area contributed by atoms with Gasteiger partial charge >= 0.3 is 5.97 Å². The molecule has 0 spiro atoms. The molecule has 2 aromatic rings. The third-order valence-corrected chi connectivity index (χ3v) is 5.84. The van der Waals surface area contributed by atoms with Crippen molar-refractivity contribution >= 4 is 13.3 Å². The van der Waals surface area contributed by atoms with Gasteiger partial charge in [0.05, 0.1) is 6.61 Å². The van der Waals surface area contributed by atoms with Crippen LogP contribution in [0.15, 0.2) is 60.7 Å². The Labute approximate surface area is 136 Å². The van der Waals surface area contributed by atoms with E-state index in [1.807, 2.05) is 60.7 Å². The van der Waals surface area contributed by atoms with E-state index in [-0.39, 0.29) is 12.8 Å². The summed E-state index contributed by atoms with van der Waals surface area (Å²) in [5, 5.41) is 9.01. The minimum atomic E-state index is -3.18. The zero-order valence-electron chi connectivity index (χ0n) is 12.9. The molecule has 1 N–H and O–H groups in total. The van der Waals surface area contributed by atoms with Gasteiger partial charge in [0.25, 0.3) is 0 Å². The van der Waals surface area contributed by atoms with Gasteiger partial charge in [0.15, 0.2) is 0 Å². The molecule has 0 amide bonds. The van der Waals surface area contributed by atoms with E-state index in [0.29, 0.717) is 6.42 Å². The van der Waals surface area contributed by atoms with E-state index in [0.717, 1.165) is 17.5 Å². The summed E-state index contributed by atoms with van der Waals surface area (Å²) in [5.74, 6) is -1.08. The van der Waals surface area contributed by atoms with E-state index in [4.69, 9.17) is 9.63 Å². The molecular formula is C18H21O4P. The first-order chi connectivity index (χ1) is 11.1. The van der Waals surface area contributed by atoms with E-state index in [9.17, 15) is 9.36 Å². The van der Waals surface area contributed by atoms with Crippen LogP contribution in [0.2, 0.25) is 0 Å². The van der Waals surface area contributed by atoms with Crippen LogP contribution >= 0.6 is 7.37 Å². The molecule has 0 heterocycles. The Kier molecular flexibility index (Phi) is 6.57. The molecule has 0 aromatic heterocycles. The molecule has 0 bridgehead atoms. The van der Waals surface area contributed by atoms with Crippen LogP contribution in [0.1, 0.15) is 17.5 Å². The summed E-state index contributed by atoms with van der Waals surface area (Å²) in [6, 6.07) is 19.2. The van der Waals surface area contributed by atoms with E-state index in [1.165, 1.54) is 0 Å². The van der Waals surface area contributed by atoms with Gasteiger partial charge in [0, 0.05) is 6.16 Å². The number of aryl methyl sites for hydroxylation is 1. The summed E-state index contributed by atoms with van der Waals surface area (Å²) >= 11 is 0. The highest BCUT2D eigenvalue weighted by molar-refractivity contribution is 7.59. The number of carboxylic acid groups (broad SMARTS) is 1. The maximum atomic E-state index is 12.8. The molecule has 23 heavy (non-hydrogen) atoms. The SMILES string of the molecule is O=C(O)CP(=O)(CCCc1ccccc1)OCc1ccccc1. The van der Waals surface area contributed by atoms with E-state index < -0.39 is 19.5 Å². The van der Waals surface area contributed by atoms with Gasteiger partial charge < -0.3 is 9.63 Å². The fraction of sp³-hybridized carbons (Fsp3) is 0.278. The van der Waals surface area contributed by atoms with Crippen LogP contribution in [0.3, 0.4) is 0 Å². The smallest absolute Gasteiger partial charge is 0.313 e. The number of rotatable bonds is 9. The minimum Gasteiger partial charge on any atom is -0.481 e. The molecule has 1 atom stereocenters. The van der Waals surface area contributed by atoms with Gasteiger partial charge in [-0.3, -0.25) is 9.36 Å². The summed E-state index contributed by atoms with van der Waals surface area (Å²) in [5.41, 5.74) is 2.04. The molecule has 0 radical (unpaired) electrons. The van der Waals surface area contributed by atoms with Gasteiger partial charge in [-0.05, 0) is 24.0 Å². The van der Waals surface area contributed by atoms with Gasteiger partial charge in [-0.1, -0.05) is 60.7 Å². The number of hydrogen-bond donors (Lipinski definition) is 1. The maximum absolute atomic E-state index is 12.8. The van der Waals surface area contributed by atoms with Crippen molar-refractivity contribution in [2.45, 2.75) is 19.4 Å². The molecular weight excluding hydrogens is 311 g/mol. The van der Waals surface area contributed by atoms with E-state index in [2.05, 4.69) is 0 Å². The number of hydrogen-bond acceptors (Lipinski definition) is 3. The van der Waals surface area contributed by atoms with Crippen molar-refractivity contribution in [1.82, 2.24) is 0 Å². The second-order valence-corrected chi connectivity index (χ2v) is 8.09. The molecule has 122 valence electrons. The second kappa shape index (κ2) is 8.66. The van der Waals surface area contributed by atoms with Crippen molar-refractivity contribution in [3.05, 3.63) is 71.8 Å². The van der Waals surface area contributed by atoms with Crippen LogP contribution in [-0.4, -0.2) is 23.4 Å². The molecule has 0 fully saturated rings. The van der Waals surface area contributed by atoms with Crippen LogP contribution in [0, 0.1) is 0 Å². The predicted octanol–water partition coefficient (Wildman–Crippen LogP) is 4.20. The van der Waals surface area contributed by atoms with Crippen LogP contribution in [0.5, 0.6) is 0 Å². The minimum absolute atomic E-state index is 0.177. The molecule has 2 rings (SSSR count). The predicted molar refractivity (Wildman–Crippen MR) is 91.0 cm³/mol. The Hall–Kier alpha value is -1.90. The average molecular weight is 332 g/mol. The van der Waals surface area contributed by atoms with Crippen molar-refractivity contribution in [2.24, 2.45) is 0 Å². The molecule has 0 saturated carbocycles. The van der Waals surface area contributed by atoms with Gasteiger partial charge in [-0.15, -0.1) is 0 Å². The van der Waals surface area contributed by atoms with Crippen molar-refractivity contribution in [3.8, 4) is 0 Å². The Morgan fingerprint density at radius 2 is 1.52 bits per heavy atom. The van der Waals surface area contributed by atoms with Crippen molar-refractivity contribution in [2.75, 3.05) is 12.3 Å². The molecule has 2 aromatic carbocycles. The summed E-state index contributed by atoms with van der Waals surface area (Å²) in [7, 11) is -3.18. The van der Waals surface area contributed by atoms with Crippen molar-refractivity contribution in [3.63, 3.8) is 0 Å². The Balaban J connectivity index is 1.92. The molecule has 0 saturated heterocycles. The standard InChI is InChI=1S/C18H21O4P/c19-18(20)15-23(21,22-14-17-10-5-2-6-11-17)13-7-12-16-8-3-1-4-9-16/h1-6,8-11H,7,12-15H2,(H,19,20). The van der Waals surface area contributed by atoms with Crippen molar-refractivity contribution in [1.29, 1.82) is 0 Å². The highest BCUT2D eigenvalue weighted by atomic mass is 31.2. The first-order valence-corrected chi connectivity index (χ1v) is 9.59. The summed E-state index contributed by atoms with van der Waals surface area (Å²) < 4.78 is 18.3. The maximum Gasteiger partial charge on any atom is 0.313 e. The number of aliphatic carboxylic acids is 1. The zero-order chi connectivity index (χ0) is 16.5. The van der Waals surface area contributed by atoms with Crippen LogP contribution in [-0.2, 0) is 26.9 Å². The lowest BCUT2D eigenvalue weighted by Crippen LogP contribution is -2.09. The van der Waals surface area contributed by atoms with Gasteiger partial charge in [-0.2, -0.15) is 0 Å². The number of carboxylic acids is 1. The lowest BCUT2D eigenvalue weighted by Gasteiger charge is -2.17. The summed E-state index contributed by atoms with van der Waals surface area (Å²) in [6.07, 6.45) is 1.26. The molecule has 1 unspecified atom stereocenters. The quantitative estimate of drug-likeness (QED) is 0.699. The summed E-state index contributed by atoms with van der Waals surface area (Å²) in [4.78, 5) is 11.0. The fourth-order valence-corrected chi connectivity index (χ4v) is 4.15. The van der Waals surface area contributed by atoms with E-state index in [1.54, 1.807) is 0 Å².